The van der Waals surface area contributed by atoms with E-state index in [1.807, 2.05) is 37.3 Å². The van der Waals surface area contributed by atoms with Crippen molar-refractivity contribution in [2.24, 2.45) is 0 Å². The first-order valence-corrected chi connectivity index (χ1v) is 7.80. The number of carbonyl (C=O) groups is 2. The topological polar surface area (TPSA) is 87.2 Å². The van der Waals surface area contributed by atoms with E-state index >= 15 is 0 Å². The molecule has 2 amide bonds. The van der Waals surface area contributed by atoms with Crippen LogP contribution in [0.5, 0.6) is 0 Å². The number of aromatic nitrogens is 2. The molecule has 7 nitrogen and oxygen atoms in total. The van der Waals surface area contributed by atoms with Gasteiger partial charge in [-0.15, -0.1) is 0 Å². The number of amides is 2. The van der Waals surface area contributed by atoms with Crippen molar-refractivity contribution in [2.45, 2.75) is 6.92 Å². The van der Waals surface area contributed by atoms with Gasteiger partial charge in [0.05, 0.1) is 18.8 Å². The van der Waals surface area contributed by atoms with E-state index in [-0.39, 0.29) is 24.9 Å². The van der Waals surface area contributed by atoms with Crippen LogP contribution in [0.3, 0.4) is 0 Å². The monoisotopic (exact) mass is 325 g/mol. The lowest BCUT2D eigenvalue weighted by molar-refractivity contribution is -0.136. The van der Waals surface area contributed by atoms with E-state index in [1.165, 1.54) is 0 Å². The summed E-state index contributed by atoms with van der Waals surface area (Å²) in [5.41, 5.74) is 2.62. The van der Waals surface area contributed by atoms with Crippen molar-refractivity contribution in [3.63, 3.8) is 0 Å². The summed E-state index contributed by atoms with van der Waals surface area (Å²) in [6.07, 6.45) is 1.72. The Labute approximate surface area is 140 Å². The SMILES string of the molecule is Cc1nccc(-c2cccc(NCC(=O)N3CCNC(=O)C3)c2)n1. The molecule has 0 unspecified atom stereocenters. The number of aryl methyl sites for hydroxylation is 1. The van der Waals surface area contributed by atoms with Crippen molar-refractivity contribution in [2.75, 3.05) is 31.5 Å². The van der Waals surface area contributed by atoms with Crippen LogP contribution in [0, 0.1) is 6.92 Å². The van der Waals surface area contributed by atoms with Crippen molar-refractivity contribution in [3.8, 4) is 11.3 Å². The average Bonchev–Trinajstić information content (AvgIpc) is 2.60. The first-order valence-electron chi connectivity index (χ1n) is 7.80. The smallest absolute Gasteiger partial charge is 0.242 e. The largest absolute Gasteiger partial charge is 0.376 e. The highest BCUT2D eigenvalue weighted by molar-refractivity contribution is 5.88. The molecule has 1 saturated heterocycles. The predicted molar refractivity (Wildman–Crippen MR) is 90.3 cm³/mol. The molecule has 1 fully saturated rings. The van der Waals surface area contributed by atoms with E-state index in [2.05, 4.69) is 20.6 Å². The molecule has 0 spiro atoms. The van der Waals surface area contributed by atoms with Crippen molar-refractivity contribution in [1.82, 2.24) is 20.2 Å². The Morgan fingerprint density at radius 2 is 2.25 bits per heavy atom. The Morgan fingerprint density at radius 1 is 1.38 bits per heavy atom. The van der Waals surface area contributed by atoms with Gasteiger partial charge in [0.25, 0.3) is 0 Å². The van der Waals surface area contributed by atoms with Gasteiger partial charge < -0.3 is 15.5 Å². The predicted octanol–water partition coefficient (Wildman–Crippen LogP) is 0.822. The number of anilines is 1. The fourth-order valence-electron chi connectivity index (χ4n) is 2.55. The fourth-order valence-corrected chi connectivity index (χ4v) is 2.55. The standard InChI is InChI=1S/C17H19N5O2/c1-12-18-6-5-15(21-12)13-3-2-4-14(9-13)20-10-17(24)22-8-7-19-16(23)11-22/h2-6,9,20H,7-8,10-11H2,1H3,(H,19,23). The Morgan fingerprint density at radius 3 is 3.04 bits per heavy atom. The lowest BCUT2D eigenvalue weighted by atomic mass is 10.1. The number of rotatable bonds is 4. The number of nitrogens with zero attached hydrogens (tertiary/aromatic N) is 3. The highest BCUT2D eigenvalue weighted by atomic mass is 16.2. The van der Waals surface area contributed by atoms with Gasteiger partial charge in [0.2, 0.25) is 11.8 Å². The summed E-state index contributed by atoms with van der Waals surface area (Å²) < 4.78 is 0. The zero-order chi connectivity index (χ0) is 16.9. The molecule has 1 aromatic heterocycles. The fraction of sp³-hybridized carbons (Fsp3) is 0.294. The summed E-state index contributed by atoms with van der Waals surface area (Å²) >= 11 is 0. The number of nitrogens with one attached hydrogen (secondary N) is 2. The molecule has 2 heterocycles. The van der Waals surface area contributed by atoms with Crippen LogP contribution in [0.15, 0.2) is 36.5 Å². The summed E-state index contributed by atoms with van der Waals surface area (Å²) in [6, 6.07) is 9.56. The minimum atomic E-state index is -0.115. The molecule has 1 aromatic carbocycles. The van der Waals surface area contributed by atoms with E-state index in [0.29, 0.717) is 18.9 Å². The van der Waals surface area contributed by atoms with Gasteiger partial charge in [-0.3, -0.25) is 9.59 Å². The van der Waals surface area contributed by atoms with E-state index in [9.17, 15) is 9.59 Å². The Kier molecular flexibility index (Phi) is 4.69. The highest BCUT2D eigenvalue weighted by Crippen LogP contribution is 2.20. The summed E-state index contributed by atoms with van der Waals surface area (Å²) in [5, 5.41) is 5.82. The van der Waals surface area contributed by atoms with Crippen LogP contribution in [0.1, 0.15) is 5.82 Å². The Hall–Kier alpha value is -2.96. The molecule has 3 rings (SSSR count). The molecule has 0 aliphatic carbocycles. The third-order valence-electron chi connectivity index (χ3n) is 3.77. The molecule has 2 aromatic rings. The normalized spacial score (nSPS) is 14.2. The maximum atomic E-state index is 12.2. The quantitative estimate of drug-likeness (QED) is 0.869. The zero-order valence-corrected chi connectivity index (χ0v) is 13.5. The summed E-state index contributed by atoms with van der Waals surface area (Å²) in [4.78, 5) is 33.6. The van der Waals surface area contributed by atoms with E-state index in [4.69, 9.17) is 0 Å². The molecule has 2 N–H and O–H groups in total. The maximum absolute atomic E-state index is 12.2. The number of benzene rings is 1. The van der Waals surface area contributed by atoms with E-state index in [0.717, 1.165) is 16.9 Å². The number of piperazine rings is 1. The maximum Gasteiger partial charge on any atom is 0.242 e. The summed E-state index contributed by atoms with van der Waals surface area (Å²) in [5.74, 6) is 0.508. The minimum absolute atomic E-state index is 0.0897. The third-order valence-corrected chi connectivity index (χ3v) is 3.77. The van der Waals surface area contributed by atoms with E-state index in [1.54, 1.807) is 11.1 Å². The second-order valence-electron chi connectivity index (χ2n) is 5.59. The molecule has 0 atom stereocenters. The van der Waals surface area contributed by atoms with Gasteiger partial charge in [0.15, 0.2) is 0 Å². The van der Waals surface area contributed by atoms with Crippen LogP contribution in [-0.2, 0) is 9.59 Å². The van der Waals surface area contributed by atoms with Crippen LogP contribution >= 0.6 is 0 Å². The Bertz CT molecular complexity index is 762. The molecule has 0 bridgehead atoms. The molecule has 7 heteroatoms. The van der Waals surface area contributed by atoms with Gasteiger partial charge in [-0.2, -0.15) is 0 Å². The highest BCUT2D eigenvalue weighted by Gasteiger charge is 2.20. The zero-order valence-electron chi connectivity index (χ0n) is 13.5. The Balaban J connectivity index is 1.64. The van der Waals surface area contributed by atoms with Gasteiger partial charge in [-0.25, -0.2) is 9.97 Å². The van der Waals surface area contributed by atoms with Crippen molar-refractivity contribution >= 4 is 17.5 Å². The van der Waals surface area contributed by atoms with Crippen LogP contribution in [0.4, 0.5) is 5.69 Å². The van der Waals surface area contributed by atoms with Gasteiger partial charge in [-0.05, 0) is 25.1 Å². The van der Waals surface area contributed by atoms with Gasteiger partial charge in [0.1, 0.15) is 5.82 Å². The van der Waals surface area contributed by atoms with Crippen LogP contribution in [-0.4, -0.2) is 52.9 Å². The molecular weight excluding hydrogens is 306 g/mol. The van der Waals surface area contributed by atoms with Crippen molar-refractivity contribution in [3.05, 3.63) is 42.4 Å². The molecule has 0 radical (unpaired) electrons. The summed E-state index contributed by atoms with van der Waals surface area (Å²) in [7, 11) is 0. The van der Waals surface area contributed by atoms with Crippen molar-refractivity contribution in [1.29, 1.82) is 0 Å². The van der Waals surface area contributed by atoms with Crippen LogP contribution < -0.4 is 10.6 Å². The first-order chi connectivity index (χ1) is 11.6. The molecule has 24 heavy (non-hydrogen) atoms. The van der Waals surface area contributed by atoms with Gasteiger partial charge >= 0.3 is 0 Å². The third kappa shape index (κ3) is 3.87. The minimum Gasteiger partial charge on any atom is -0.376 e. The first kappa shape index (κ1) is 15.9. The number of hydrogen-bond donors (Lipinski definition) is 2. The molecule has 124 valence electrons. The molecule has 0 saturated carbocycles. The summed E-state index contributed by atoms with van der Waals surface area (Å²) in [6.45, 7) is 3.18. The molecule has 1 aliphatic rings. The second kappa shape index (κ2) is 7.08. The molecular formula is C17H19N5O2. The van der Waals surface area contributed by atoms with E-state index < -0.39 is 0 Å². The van der Waals surface area contributed by atoms with Crippen LogP contribution in [0.2, 0.25) is 0 Å². The number of hydrogen-bond acceptors (Lipinski definition) is 5. The van der Waals surface area contributed by atoms with Crippen molar-refractivity contribution < 1.29 is 9.59 Å². The van der Waals surface area contributed by atoms with Gasteiger partial charge in [-0.1, -0.05) is 12.1 Å². The lowest BCUT2D eigenvalue weighted by Crippen LogP contribution is -2.51. The average molecular weight is 325 g/mol. The second-order valence-corrected chi connectivity index (χ2v) is 5.59. The van der Waals surface area contributed by atoms with Gasteiger partial charge in [0, 0.05) is 30.5 Å². The molecule has 1 aliphatic heterocycles. The lowest BCUT2D eigenvalue weighted by Gasteiger charge is -2.26. The van der Waals surface area contributed by atoms with Crippen LogP contribution in [0.25, 0.3) is 11.3 Å². The number of carbonyl (C=O) groups excluding carboxylic acids is 2.